The maximum absolute atomic E-state index is 13.2. The van der Waals surface area contributed by atoms with Crippen molar-refractivity contribution in [1.82, 2.24) is 9.13 Å². The van der Waals surface area contributed by atoms with Crippen LogP contribution >= 0.6 is 22.7 Å². The van der Waals surface area contributed by atoms with Crippen LogP contribution < -0.4 is 16.1 Å². The Balaban J connectivity index is 1.51. The summed E-state index contributed by atoms with van der Waals surface area (Å²) in [7, 11) is 0. The highest BCUT2D eigenvalue weighted by Gasteiger charge is 2.25. The Bertz CT molecular complexity index is 1350. The molecule has 1 aliphatic heterocycles. The molecule has 0 spiro atoms. The van der Waals surface area contributed by atoms with E-state index in [-0.39, 0.29) is 18.0 Å². The Hall–Kier alpha value is -2.97. The number of thiophene rings is 2. The lowest BCUT2D eigenvalue weighted by molar-refractivity contribution is -0.119. The topological polar surface area (TPSA) is 64.3 Å². The van der Waals surface area contributed by atoms with Crippen molar-refractivity contribution in [2.75, 3.05) is 11.4 Å². The van der Waals surface area contributed by atoms with Gasteiger partial charge < -0.3 is 4.90 Å². The molecule has 3 aromatic heterocycles. The number of para-hydroxylation sites is 1. The first kappa shape index (κ1) is 19.0. The number of aryl methyl sites for hydroxylation is 1. The fourth-order valence-electron chi connectivity index (χ4n) is 3.98. The van der Waals surface area contributed by atoms with Crippen LogP contribution in [-0.2, 0) is 30.7 Å². The number of rotatable bonds is 5. The number of hydrogen-bond acceptors (Lipinski definition) is 5. The largest absolute Gasteiger partial charge is 0.332 e. The minimum Gasteiger partial charge on any atom is -0.310 e. The first-order valence-corrected chi connectivity index (χ1v) is 11.5. The number of benzene rings is 1. The summed E-state index contributed by atoms with van der Waals surface area (Å²) in [6.45, 7) is 0.824. The van der Waals surface area contributed by atoms with E-state index in [1.807, 2.05) is 41.8 Å². The molecule has 30 heavy (non-hydrogen) atoms. The number of fused-ring (bicyclic) bond motifs is 2. The fourth-order valence-corrected chi connectivity index (χ4v) is 5.52. The predicted octanol–water partition coefficient (Wildman–Crippen LogP) is 3.12. The summed E-state index contributed by atoms with van der Waals surface area (Å²) < 4.78 is 3.23. The van der Waals surface area contributed by atoms with Gasteiger partial charge in [0.05, 0.1) is 5.52 Å². The number of anilines is 1. The van der Waals surface area contributed by atoms with Gasteiger partial charge in [-0.15, -0.1) is 22.7 Å². The van der Waals surface area contributed by atoms with E-state index in [0.29, 0.717) is 29.7 Å². The lowest BCUT2D eigenvalue weighted by Gasteiger charge is -2.19. The van der Waals surface area contributed by atoms with Gasteiger partial charge in [-0.05, 0) is 47.4 Å². The van der Waals surface area contributed by atoms with E-state index in [1.165, 1.54) is 20.5 Å². The summed E-state index contributed by atoms with van der Waals surface area (Å²) >= 11 is 2.91. The summed E-state index contributed by atoms with van der Waals surface area (Å²) in [5.41, 5.74) is 1.87. The zero-order valence-corrected chi connectivity index (χ0v) is 17.7. The normalized spacial score (nSPS) is 13.1. The highest BCUT2D eigenvalue weighted by molar-refractivity contribution is 7.17. The quantitative estimate of drug-likeness (QED) is 0.482. The average molecular weight is 438 g/mol. The van der Waals surface area contributed by atoms with Crippen molar-refractivity contribution in [3.05, 3.63) is 84.5 Å². The van der Waals surface area contributed by atoms with Gasteiger partial charge in [-0.25, -0.2) is 4.79 Å². The molecule has 5 rings (SSSR count). The molecule has 1 aliphatic rings. The molecule has 0 saturated carbocycles. The zero-order chi connectivity index (χ0) is 20.7. The van der Waals surface area contributed by atoms with Crippen molar-refractivity contribution in [3.8, 4) is 0 Å². The molecule has 8 heteroatoms. The third kappa shape index (κ3) is 3.22. The van der Waals surface area contributed by atoms with E-state index < -0.39 is 5.69 Å². The Morgan fingerprint density at radius 1 is 0.967 bits per heavy atom. The molecule has 1 amide bonds. The number of carbonyl (C=O) groups excluding carboxylic acids is 1. The van der Waals surface area contributed by atoms with Gasteiger partial charge in [-0.1, -0.05) is 24.3 Å². The van der Waals surface area contributed by atoms with Crippen molar-refractivity contribution >= 4 is 44.5 Å². The predicted molar refractivity (Wildman–Crippen MR) is 121 cm³/mol. The molecule has 0 radical (unpaired) electrons. The number of hydrogen-bond donors (Lipinski definition) is 0. The van der Waals surface area contributed by atoms with Crippen molar-refractivity contribution in [2.24, 2.45) is 0 Å². The molecular weight excluding hydrogens is 418 g/mol. The lowest BCUT2D eigenvalue weighted by Crippen LogP contribution is -2.43. The van der Waals surface area contributed by atoms with Crippen molar-refractivity contribution < 1.29 is 4.79 Å². The second-order valence-corrected chi connectivity index (χ2v) is 9.16. The van der Waals surface area contributed by atoms with Gasteiger partial charge in [0.2, 0.25) is 5.91 Å². The van der Waals surface area contributed by atoms with E-state index in [0.717, 1.165) is 22.5 Å². The van der Waals surface area contributed by atoms with E-state index in [9.17, 15) is 14.4 Å². The number of nitrogens with zero attached hydrogens (tertiary/aromatic N) is 3. The molecular formula is C22H19N3O3S2. The van der Waals surface area contributed by atoms with Crippen LogP contribution in [0.25, 0.3) is 10.2 Å². The van der Waals surface area contributed by atoms with E-state index >= 15 is 0 Å². The van der Waals surface area contributed by atoms with E-state index in [2.05, 4.69) is 0 Å². The third-order valence-electron chi connectivity index (χ3n) is 5.48. The van der Waals surface area contributed by atoms with Gasteiger partial charge in [-0.3, -0.25) is 18.7 Å². The minimum atomic E-state index is -0.428. The Morgan fingerprint density at radius 3 is 2.67 bits per heavy atom. The third-order valence-corrected chi connectivity index (χ3v) is 7.31. The van der Waals surface area contributed by atoms with Crippen LogP contribution in [0.1, 0.15) is 10.4 Å². The van der Waals surface area contributed by atoms with Gasteiger partial charge in [0.1, 0.15) is 11.2 Å². The average Bonchev–Trinajstić information content (AvgIpc) is 3.51. The van der Waals surface area contributed by atoms with Crippen LogP contribution in [0.3, 0.4) is 0 Å². The monoisotopic (exact) mass is 437 g/mol. The Morgan fingerprint density at radius 2 is 1.83 bits per heavy atom. The Labute approximate surface area is 180 Å². The lowest BCUT2D eigenvalue weighted by atomic mass is 10.2. The summed E-state index contributed by atoms with van der Waals surface area (Å²) in [5, 5.41) is 3.77. The highest BCUT2D eigenvalue weighted by atomic mass is 32.1. The highest BCUT2D eigenvalue weighted by Crippen LogP contribution is 2.27. The molecule has 0 aliphatic carbocycles. The number of aromatic nitrogens is 2. The van der Waals surface area contributed by atoms with Crippen LogP contribution in [-0.4, -0.2) is 21.6 Å². The SMILES string of the molecule is O=C(Cn1c(=O)n(CCc2cccs2)c(=O)c2sccc21)N1CCc2ccccc21. The molecule has 1 aromatic carbocycles. The molecule has 152 valence electrons. The molecule has 4 aromatic rings. The first-order valence-electron chi connectivity index (χ1n) is 9.75. The maximum Gasteiger partial charge on any atom is 0.332 e. The van der Waals surface area contributed by atoms with Crippen LogP contribution in [0, 0.1) is 0 Å². The standard InChI is InChI=1S/C22H19N3O3S2/c26-19(23-10-7-15-4-1-2-6-17(15)23)14-25-18-9-13-30-20(18)21(27)24(22(25)28)11-8-16-5-3-12-29-16/h1-6,9,12-13H,7-8,10-11,14H2. The minimum absolute atomic E-state index is 0.0836. The van der Waals surface area contributed by atoms with Gasteiger partial charge in [0.15, 0.2) is 0 Å². The van der Waals surface area contributed by atoms with Gasteiger partial charge in [0, 0.05) is 23.7 Å². The second kappa shape index (κ2) is 7.70. The van der Waals surface area contributed by atoms with Gasteiger partial charge in [-0.2, -0.15) is 0 Å². The van der Waals surface area contributed by atoms with Gasteiger partial charge >= 0.3 is 5.69 Å². The molecule has 0 atom stereocenters. The molecule has 0 fully saturated rings. The van der Waals surface area contributed by atoms with Crippen LogP contribution in [0.5, 0.6) is 0 Å². The second-order valence-electron chi connectivity index (χ2n) is 7.21. The van der Waals surface area contributed by atoms with Crippen molar-refractivity contribution in [1.29, 1.82) is 0 Å². The summed E-state index contributed by atoms with van der Waals surface area (Å²) in [4.78, 5) is 42.1. The van der Waals surface area contributed by atoms with Gasteiger partial charge in [0.25, 0.3) is 5.56 Å². The van der Waals surface area contributed by atoms with Crippen LogP contribution in [0.15, 0.2) is 62.8 Å². The van der Waals surface area contributed by atoms with Crippen LogP contribution in [0.2, 0.25) is 0 Å². The molecule has 6 nitrogen and oxygen atoms in total. The molecule has 0 saturated heterocycles. The summed E-state index contributed by atoms with van der Waals surface area (Å²) in [6, 6.07) is 13.5. The summed E-state index contributed by atoms with van der Waals surface area (Å²) in [6.07, 6.45) is 1.42. The fraction of sp³-hybridized carbons (Fsp3) is 0.227. The number of carbonyl (C=O) groups is 1. The zero-order valence-electron chi connectivity index (χ0n) is 16.1. The molecule has 0 bridgehead atoms. The first-order chi connectivity index (χ1) is 14.6. The molecule has 0 N–H and O–H groups in total. The van der Waals surface area contributed by atoms with E-state index in [4.69, 9.17) is 0 Å². The van der Waals surface area contributed by atoms with Crippen LogP contribution in [0.4, 0.5) is 5.69 Å². The van der Waals surface area contributed by atoms with E-state index in [1.54, 1.807) is 27.7 Å². The maximum atomic E-state index is 13.2. The molecule has 0 unspecified atom stereocenters. The Kier molecular flexibility index (Phi) is 4.88. The molecule has 4 heterocycles. The van der Waals surface area contributed by atoms with Crippen molar-refractivity contribution in [2.45, 2.75) is 25.9 Å². The number of amides is 1. The smallest absolute Gasteiger partial charge is 0.310 e. The van der Waals surface area contributed by atoms with Crippen molar-refractivity contribution in [3.63, 3.8) is 0 Å². The summed E-state index contributed by atoms with van der Waals surface area (Å²) in [5.74, 6) is -0.141.